The molecule has 2 aromatic rings. The molecule has 110 valence electrons. The van der Waals surface area contributed by atoms with E-state index in [2.05, 4.69) is 10.4 Å². The van der Waals surface area contributed by atoms with Gasteiger partial charge in [-0.05, 0) is 31.2 Å². The molecule has 1 heterocycles. The van der Waals surface area contributed by atoms with E-state index in [4.69, 9.17) is 11.6 Å². The number of nitrogens with one attached hydrogen (secondary N) is 1. The van der Waals surface area contributed by atoms with E-state index in [9.17, 15) is 14.0 Å². The van der Waals surface area contributed by atoms with Crippen LogP contribution in [-0.2, 0) is 6.54 Å². The Bertz CT molecular complexity index is 730. The standard InChI is InChI=1S/C14H13ClFN3O2/c1-9-2-5-13(20)19(18-9)7-6-17-14(21)11-4-3-10(16)8-12(11)15/h2-5,8H,6-7H2,1H3,(H,17,21). The molecule has 0 unspecified atom stereocenters. The molecule has 0 aliphatic carbocycles. The third-order valence-corrected chi connectivity index (χ3v) is 3.10. The van der Waals surface area contributed by atoms with E-state index in [1.54, 1.807) is 13.0 Å². The molecular formula is C14H13ClFN3O2. The zero-order chi connectivity index (χ0) is 15.4. The summed E-state index contributed by atoms with van der Waals surface area (Å²) in [5.74, 6) is -0.937. The van der Waals surface area contributed by atoms with Crippen LogP contribution >= 0.6 is 11.6 Å². The first-order chi connectivity index (χ1) is 9.97. The molecule has 0 atom stereocenters. The fourth-order valence-electron chi connectivity index (χ4n) is 1.76. The number of aryl methyl sites for hydroxylation is 1. The molecule has 0 aliphatic heterocycles. The van der Waals surface area contributed by atoms with Crippen LogP contribution < -0.4 is 10.9 Å². The summed E-state index contributed by atoms with van der Waals surface area (Å²) in [6.45, 7) is 2.22. The summed E-state index contributed by atoms with van der Waals surface area (Å²) in [5, 5.41) is 6.70. The number of rotatable bonds is 4. The minimum absolute atomic E-state index is 0.0401. The lowest BCUT2D eigenvalue weighted by atomic mass is 10.2. The molecule has 5 nitrogen and oxygen atoms in total. The largest absolute Gasteiger partial charge is 0.350 e. The van der Waals surface area contributed by atoms with Crippen molar-refractivity contribution in [2.45, 2.75) is 13.5 Å². The van der Waals surface area contributed by atoms with Crippen molar-refractivity contribution in [2.24, 2.45) is 0 Å². The van der Waals surface area contributed by atoms with Gasteiger partial charge in [0.15, 0.2) is 0 Å². The van der Waals surface area contributed by atoms with Gasteiger partial charge in [0.1, 0.15) is 5.82 Å². The molecule has 0 bridgehead atoms. The first-order valence-corrected chi connectivity index (χ1v) is 6.63. The van der Waals surface area contributed by atoms with Crippen LogP contribution in [0.1, 0.15) is 16.1 Å². The summed E-state index contributed by atoms with van der Waals surface area (Å²) in [5.41, 5.74) is 0.653. The van der Waals surface area contributed by atoms with Gasteiger partial charge in [0.05, 0.1) is 22.8 Å². The number of hydrogen-bond acceptors (Lipinski definition) is 3. The Hall–Kier alpha value is -2.21. The molecule has 2 rings (SSSR count). The molecule has 1 aromatic heterocycles. The second-order valence-electron chi connectivity index (χ2n) is 4.42. The quantitative estimate of drug-likeness (QED) is 0.936. The fraction of sp³-hybridized carbons (Fsp3) is 0.214. The molecule has 1 amide bonds. The Morgan fingerprint density at radius 3 is 2.86 bits per heavy atom. The van der Waals surface area contributed by atoms with Crippen LogP contribution in [0.25, 0.3) is 0 Å². The predicted molar refractivity (Wildman–Crippen MR) is 77.0 cm³/mol. The Morgan fingerprint density at radius 1 is 1.38 bits per heavy atom. The molecule has 7 heteroatoms. The molecule has 0 saturated heterocycles. The van der Waals surface area contributed by atoms with Crippen molar-refractivity contribution in [3.63, 3.8) is 0 Å². The second-order valence-corrected chi connectivity index (χ2v) is 4.82. The number of amides is 1. The molecule has 0 spiro atoms. The lowest BCUT2D eigenvalue weighted by molar-refractivity contribution is 0.0952. The van der Waals surface area contributed by atoms with Gasteiger partial charge in [-0.25, -0.2) is 9.07 Å². The van der Waals surface area contributed by atoms with Crippen molar-refractivity contribution >= 4 is 17.5 Å². The Morgan fingerprint density at radius 2 is 2.14 bits per heavy atom. The van der Waals surface area contributed by atoms with E-state index in [0.29, 0.717) is 5.69 Å². The first-order valence-electron chi connectivity index (χ1n) is 6.25. The highest BCUT2D eigenvalue weighted by molar-refractivity contribution is 6.33. The number of benzene rings is 1. The van der Waals surface area contributed by atoms with Gasteiger partial charge in [0.25, 0.3) is 11.5 Å². The van der Waals surface area contributed by atoms with E-state index < -0.39 is 11.7 Å². The Kier molecular flexibility index (Phi) is 4.70. The minimum Gasteiger partial charge on any atom is -0.350 e. The maximum absolute atomic E-state index is 12.9. The summed E-state index contributed by atoms with van der Waals surface area (Å²) in [6, 6.07) is 6.58. The smallest absolute Gasteiger partial charge is 0.266 e. The molecule has 0 fully saturated rings. The normalized spacial score (nSPS) is 10.4. The van der Waals surface area contributed by atoms with E-state index in [-0.39, 0.29) is 29.2 Å². The van der Waals surface area contributed by atoms with Gasteiger partial charge in [-0.15, -0.1) is 0 Å². The van der Waals surface area contributed by atoms with Crippen molar-refractivity contribution in [3.8, 4) is 0 Å². The minimum atomic E-state index is -0.507. The summed E-state index contributed by atoms with van der Waals surface area (Å²) in [7, 11) is 0. The SMILES string of the molecule is Cc1ccc(=O)n(CCNC(=O)c2ccc(F)cc2Cl)n1. The molecule has 0 aliphatic rings. The predicted octanol–water partition coefficient (Wildman–Crippen LogP) is 1.77. The summed E-state index contributed by atoms with van der Waals surface area (Å²) < 4.78 is 14.2. The van der Waals surface area contributed by atoms with Crippen LogP contribution in [0.4, 0.5) is 4.39 Å². The lowest BCUT2D eigenvalue weighted by Gasteiger charge is -2.08. The van der Waals surface area contributed by atoms with E-state index in [1.165, 1.54) is 16.8 Å². The zero-order valence-corrected chi connectivity index (χ0v) is 12.0. The molecular weight excluding hydrogens is 297 g/mol. The van der Waals surface area contributed by atoms with E-state index >= 15 is 0 Å². The van der Waals surface area contributed by atoms with Crippen LogP contribution in [0.2, 0.25) is 5.02 Å². The van der Waals surface area contributed by atoms with Gasteiger partial charge in [0, 0.05) is 12.6 Å². The van der Waals surface area contributed by atoms with Gasteiger partial charge in [-0.3, -0.25) is 9.59 Å². The molecule has 0 saturated carbocycles. The van der Waals surface area contributed by atoms with Crippen molar-refractivity contribution in [1.82, 2.24) is 15.1 Å². The Balaban J connectivity index is 1.98. The van der Waals surface area contributed by atoms with Crippen LogP contribution in [-0.4, -0.2) is 22.2 Å². The van der Waals surface area contributed by atoms with Gasteiger partial charge in [-0.2, -0.15) is 5.10 Å². The van der Waals surface area contributed by atoms with Crippen LogP contribution in [0, 0.1) is 12.7 Å². The van der Waals surface area contributed by atoms with Gasteiger partial charge < -0.3 is 5.32 Å². The third-order valence-electron chi connectivity index (χ3n) is 2.78. The van der Waals surface area contributed by atoms with Crippen molar-refractivity contribution in [3.05, 3.63) is 62.8 Å². The van der Waals surface area contributed by atoms with Crippen LogP contribution in [0.5, 0.6) is 0 Å². The van der Waals surface area contributed by atoms with Gasteiger partial charge >= 0.3 is 0 Å². The van der Waals surface area contributed by atoms with Crippen molar-refractivity contribution in [2.75, 3.05) is 6.54 Å². The summed E-state index contributed by atoms with van der Waals surface area (Å²) in [4.78, 5) is 23.4. The molecule has 0 radical (unpaired) electrons. The number of nitrogens with zero attached hydrogens (tertiary/aromatic N) is 2. The number of hydrogen-bond donors (Lipinski definition) is 1. The average Bonchev–Trinajstić information content (AvgIpc) is 2.42. The molecule has 21 heavy (non-hydrogen) atoms. The van der Waals surface area contributed by atoms with Gasteiger partial charge in [0.2, 0.25) is 0 Å². The summed E-state index contributed by atoms with van der Waals surface area (Å²) >= 11 is 5.80. The van der Waals surface area contributed by atoms with Crippen molar-refractivity contribution in [1.29, 1.82) is 0 Å². The van der Waals surface area contributed by atoms with E-state index in [0.717, 1.165) is 12.1 Å². The fourth-order valence-corrected chi connectivity index (χ4v) is 2.01. The topological polar surface area (TPSA) is 64.0 Å². The highest BCUT2D eigenvalue weighted by atomic mass is 35.5. The molecule has 1 N–H and O–H groups in total. The highest BCUT2D eigenvalue weighted by Crippen LogP contribution is 2.16. The van der Waals surface area contributed by atoms with Crippen LogP contribution in [0.15, 0.2) is 35.1 Å². The maximum atomic E-state index is 12.9. The monoisotopic (exact) mass is 309 g/mol. The second kappa shape index (κ2) is 6.49. The number of carbonyl (C=O) groups is 1. The highest BCUT2D eigenvalue weighted by Gasteiger charge is 2.10. The number of aromatic nitrogens is 2. The molecule has 1 aromatic carbocycles. The third kappa shape index (κ3) is 3.88. The van der Waals surface area contributed by atoms with E-state index in [1.807, 2.05) is 0 Å². The van der Waals surface area contributed by atoms with Crippen LogP contribution in [0.3, 0.4) is 0 Å². The summed E-state index contributed by atoms with van der Waals surface area (Å²) in [6.07, 6.45) is 0. The van der Waals surface area contributed by atoms with Gasteiger partial charge in [-0.1, -0.05) is 11.6 Å². The number of carbonyl (C=O) groups excluding carboxylic acids is 1. The average molecular weight is 310 g/mol. The number of halogens is 2. The first kappa shape index (κ1) is 15.2. The lowest BCUT2D eigenvalue weighted by Crippen LogP contribution is -2.32. The maximum Gasteiger partial charge on any atom is 0.266 e. The zero-order valence-electron chi connectivity index (χ0n) is 11.3. The van der Waals surface area contributed by atoms with Crippen molar-refractivity contribution < 1.29 is 9.18 Å². The Labute approximate surface area is 125 Å².